The van der Waals surface area contributed by atoms with Crippen LogP contribution in [-0.4, -0.2) is 55.6 Å². The van der Waals surface area contributed by atoms with E-state index in [9.17, 15) is 22.4 Å². The van der Waals surface area contributed by atoms with Crippen molar-refractivity contribution in [2.75, 3.05) is 33.9 Å². The van der Waals surface area contributed by atoms with Crippen molar-refractivity contribution in [3.8, 4) is 11.5 Å². The molecule has 1 aliphatic rings. The Labute approximate surface area is 232 Å². The molecule has 214 valence electrons. The fourth-order valence-corrected chi connectivity index (χ4v) is 5.35. The molecule has 1 saturated heterocycles. The van der Waals surface area contributed by atoms with Gasteiger partial charge in [-0.15, -0.1) is 0 Å². The topological polar surface area (TPSA) is 42.0 Å². The minimum Gasteiger partial charge on any atom is -0.497 e. The third-order valence-corrected chi connectivity index (χ3v) is 7.38. The molecule has 0 unspecified atom stereocenters. The number of likely N-dealkylation sites (tertiary alicyclic amines) is 1. The van der Waals surface area contributed by atoms with Gasteiger partial charge in [-0.05, 0) is 73.4 Å². The number of hydrogen-bond acceptors (Lipinski definition) is 4. The largest absolute Gasteiger partial charge is 0.497 e. The van der Waals surface area contributed by atoms with Gasteiger partial charge in [-0.3, -0.25) is 9.69 Å². The molecule has 9 heteroatoms. The second-order valence-electron chi connectivity index (χ2n) is 10.5. The van der Waals surface area contributed by atoms with Crippen LogP contribution in [0.15, 0.2) is 66.7 Å². The molecule has 1 aliphatic heterocycles. The number of halogens is 4. The van der Waals surface area contributed by atoms with E-state index in [4.69, 9.17) is 9.47 Å². The number of carbonyl (C=O) groups is 1. The van der Waals surface area contributed by atoms with E-state index in [0.29, 0.717) is 48.8 Å². The van der Waals surface area contributed by atoms with Gasteiger partial charge in [0, 0.05) is 49.8 Å². The van der Waals surface area contributed by atoms with Crippen molar-refractivity contribution in [1.29, 1.82) is 0 Å². The molecule has 5 nitrogen and oxygen atoms in total. The van der Waals surface area contributed by atoms with Crippen molar-refractivity contribution in [2.45, 2.75) is 38.5 Å². The number of benzene rings is 3. The maximum atomic E-state index is 13.6. The SMILES string of the molecule is COc1cc(CN2C[C@@H](CN(C(=O)c3ccc(F)cc3)C(C)C)[C@@H](c3cccc(C(F)(F)F)c3)C2)cc(OC)c1. The third kappa shape index (κ3) is 6.94. The van der Waals surface area contributed by atoms with Crippen LogP contribution in [0.1, 0.15) is 46.8 Å². The molecule has 1 amide bonds. The quantitative estimate of drug-likeness (QED) is 0.277. The van der Waals surface area contributed by atoms with Crippen LogP contribution in [0.3, 0.4) is 0 Å². The van der Waals surface area contributed by atoms with Gasteiger partial charge in [-0.2, -0.15) is 13.2 Å². The van der Waals surface area contributed by atoms with Crippen molar-refractivity contribution < 1.29 is 31.8 Å². The normalized spacial score (nSPS) is 17.7. The molecule has 0 N–H and O–H groups in total. The first kappa shape index (κ1) is 29.4. The fourth-order valence-electron chi connectivity index (χ4n) is 5.35. The van der Waals surface area contributed by atoms with Gasteiger partial charge < -0.3 is 14.4 Å². The second kappa shape index (κ2) is 12.3. The minimum absolute atomic E-state index is 0.136. The van der Waals surface area contributed by atoms with Crippen LogP contribution in [0.25, 0.3) is 0 Å². The molecular weight excluding hydrogens is 524 g/mol. The molecule has 0 aromatic heterocycles. The summed E-state index contributed by atoms with van der Waals surface area (Å²) in [4.78, 5) is 17.3. The highest BCUT2D eigenvalue weighted by Gasteiger charge is 2.38. The molecule has 2 atom stereocenters. The van der Waals surface area contributed by atoms with E-state index in [2.05, 4.69) is 4.90 Å². The predicted molar refractivity (Wildman–Crippen MR) is 145 cm³/mol. The monoisotopic (exact) mass is 558 g/mol. The molecule has 1 fully saturated rings. The van der Waals surface area contributed by atoms with E-state index in [-0.39, 0.29) is 23.8 Å². The molecule has 3 aromatic carbocycles. The zero-order chi connectivity index (χ0) is 29.0. The summed E-state index contributed by atoms with van der Waals surface area (Å²) < 4.78 is 65.0. The van der Waals surface area contributed by atoms with Gasteiger partial charge in [0.1, 0.15) is 17.3 Å². The van der Waals surface area contributed by atoms with Crippen LogP contribution in [0.4, 0.5) is 17.6 Å². The summed E-state index contributed by atoms with van der Waals surface area (Å²) in [7, 11) is 3.15. The lowest BCUT2D eigenvalue weighted by Crippen LogP contribution is -2.42. The summed E-state index contributed by atoms with van der Waals surface area (Å²) in [5.74, 6) is 0.248. The number of nitrogens with zero attached hydrogens (tertiary/aromatic N) is 2. The zero-order valence-electron chi connectivity index (χ0n) is 23.0. The molecule has 0 saturated carbocycles. The summed E-state index contributed by atoms with van der Waals surface area (Å²) in [5.41, 5.74) is 1.21. The lowest BCUT2D eigenvalue weighted by Gasteiger charge is -2.32. The van der Waals surface area contributed by atoms with Gasteiger partial charge in [-0.25, -0.2) is 4.39 Å². The van der Waals surface area contributed by atoms with Gasteiger partial charge in [0.15, 0.2) is 0 Å². The van der Waals surface area contributed by atoms with Crippen molar-refractivity contribution in [1.82, 2.24) is 9.80 Å². The summed E-state index contributed by atoms with van der Waals surface area (Å²) in [5, 5.41) is 0. The first-order chi connectivity index (χ1) is 19.0. The standard InChI is InChI=1S/C31H34F4N2O3/c1-20(2)37(30(38)22-8-10-26(32)11-9-22)18-24-17-36(16-21-12-27(39-3)15-28(13-21)40-4)19-29(24)23-6-5-7-25(14-23)31(33,34)35/h5-15,20,24,29H,16-19H2,1-4H3/t24-,29+/m0/s1. The highest BCUT2D eigenvalue weighted by Crippen LogP contribution is 2.38. The smallest absolute Gasteiger partial charge is 0.416 e. The molecule has 1 heterocycles. The van der Waals surface area contributed by atoms with Crippen molar-refractivity contribution >= 4 is 5.91 Å². The maximum absolute atomic E-state index is 13.6. The Morgan fingerprint density at radius 2 is 1.62 bits per heavy atom. The molecule has 4 rings (SSSR count). The van der Waals surface area contributed by atoms with Crippen molar-refractivity contribution in [2.24, 2.45) is 5.92 Å². The summed E-state index contributed by atoms with van der Waals surface area (Å²) in [6.07, 6.45) is -4.45. The zero-order valence-corrected chi connectivity index (χ0v) is 23.0. The van der Waals surface area contributed by atoms with Crippen LogP contribution in [0, 0.1) is 11.7 Å². The third-order valence-electron chi connectivity index (χ3n) is 7.38. The molecule has 40 heavy (non-hydrogen) atoms. The molecule has 0 spiro atoms. The van der Waals surface area contributed by atoms with E-state index in [0.717, 1.165) is 11.6 Å². The Hall–Kier alpha value is -3.59. The average molecular weight is 559 g/mol. The van der Waals surface area contributed by atoms with Gasteiger partial charge in [0.25, 0.3) is 5.91 Å². The maximum Gasteiger partial charge on any atom is 0.416 e. The molecule has 0 radical (unpaired) electrons. The van der Waals surface area contributed by atoms with Crippen molar-refractivity contribution in [3.63, 3.8) is 0 Å². The number of hydrogen-bond donors (Lipinski definition) is 0. The van der Waals surface area contributed by atoms with Crippen LogP contribution >= 0.6 is 0 Å². The number of alkyl halides is 3. The van der Waals surface area contributed by atoms with Crippen LogP contribution in [0.2, 0.25) is 0 Å². The number of methoxy groups -OCH3 is 2. The molecule has 0 aliphatic carbocycles. The summed E-state index contributed by atoms with van der Waals surface area (Å²) >= 11 is 0. The van der Waals surface area contributed by atoms with E-state index in [1.54, 1.807) is 31.3 Å². The first-order valence-corrected chi connectivity index (χ1v) is 13.2. The van der Waals surface area contributed by atoms with Gasteiger partial charge >= 0.3 is 6.18 Å². The first-order valence-electron chi connectivity index (χ1n) is 13.2. The van der Waals surface area contributed by atoms with Crippen molar-refractivity contribution in [3.05, 3.63) is 94.8 Å². The van der Waals surface area contributed by atoms with E-state index < -0.39 is 17.6 Å². The van der Waals surface area contributed by atoms with Gasteiger partial charge in [0.2, 0.25) is 0 Å². The predicted octanol–water partition coefficient (Wildman–Crippen LogP) is 6.63. The minimum atomic E-state index is -4.45. The number of ether oxygens (including phenoxy) is 2. The van der Waals surface area contributed by atoms with Gasteiger partial charge in [-0.1, -0.05) is 18.2 Å². The Morgan fingerprint density at radius 1 is 0.975 bits per heavy atom. The van der Waals surface area contributed by atoms with Crippen LogP contribution in [0.5, 0.6) is 11.5 Å². The second-order valence-corrected chi connectivity index (χ2v) is 10.5. The van der Waals surface area contributed by atoms with Gasteiger partial charge in [0.05, 0.1) is 19.8 Å². The van der Waals surface area contributed by atoms with Crippen LogP contribution in [-0.2, 0) is 12.7 Å². The number of rotatable bonds is 9. The number of carbonyl (C=O) groups excluding carboxylic acids is 1. The Morgan fingerprint density at radius 3 is 2.20 bits per heavy atom. The van der Waals surface area contributed by atoms with Crippen LogP contribution < -0.4 is 9.47 Å². The molecular formula is C31H34F4N2O3. The molecule has 0 bridgehead atoms. The summed E-state index contributed by atoms with van der Waals surface area (Å²) in [6.45, 7) is 5.76. The van der Waals surface area contributed by atoms with E-state index >= 15 is 0 Å². The fraction of sp³-hybridized carbons (Fsp3) is 0.387. The number of amides is 1. The molecule has 3 aromatic rings. The Balaban J connectivity index is 1.64. The Bertz CT molecular complexity index is 1290. The lowest BCUT2D eigenvalue weighted by atomic mass is 9.87. The Kier molecular flexibility index (Phi) is 9.03. The highest BCUT2D eigenvalue weighted by atomic mass is 19.4. The summed E-state index contributed by atoms with van der Waals surface area (Å²) in [6, 6.07) is 16.3. The highest BCUT2D eigenvalue weighted by molar-refractivity contribution is 5.94. The van der Waals surface area contributed by atoms with E-state index in [1.165, 1.54) is 36.4 Å². The lowest BCUT2D eigenvalue weighted by molar-refractivity contribution is -0.137. The average Bonchev–Trinajstić information content (AvgIpc) is 3.33. The van der Waals surface area contributed by atoms with E-state index in [1.807, 2.05) is 26.0 Å².